The summed E-state index contributed by atoms with van der Waals surface area (Å²) in [6.07, 6.45) is 10.1. The molecular weight excluding hydrogens is 295 g/mol. The van der Waals surface area contributed by atoms with Crippen LogP contribution in [0.3, 0.4) is 0 Å². The third-order valence-corrected chi connectivity index (χ3v) is 4.68. The molecule has 3 nitrogen and oxygen atoms in total. The summed E-state index contributed by atoms with van der Waals surface area (Å²) in [6, 6.07) is 4.78. The van der Waals surface area contributed by atoms with Crippen LogP contribution in [0, 0.1) is 13.8 Å². The molecule has 114 valence electrons. The summed E-state index contributed by atoms with van der Waals surface area (Å²) < 4.78 is 31.6. The molecule has 1 aromatic rings. The van der Waals surface area contributed by atoms with Crippen LogP contribution in [0.15, 0.2) is 35.2 Å². The van der Waals surface area contributed by atoms with Crippen molar-refractivity contribution in [2.75, 3.05) is 0 Å². The average Bonchev–Trinajstić information content (AvgIpc) is 2.41. The standard InChI is InChI=1S/C8H10O3S.C8H15.Na/c1-6-4-3-5-8(7(6)2)12(9,10)11;1-3-5-7-8-6-4-2;/h3-5H,1-2H3,(H,9,10,11);3,5H,1,4,6-8H2,2H3;. The molecule has 0 unspecified atom stereocenters. The van der Waals surface area contributed by atoms with Gasteiger partial charge in [0.05, 0.1) is 4.90 Å². The van der Waals surface area contributed by atoms with E-state index < -0.39 is 10.1 Å². The molecule has 0 aromatic heterocycles. The first-order chi connectivity index (χ1) is 9.84. The molecule has 1 rings (SSSR count). The molecule has 1 aromatic carbocycles. The molecule has 0 saturated carbocycles. The quantitative estimate of drug-likeness (QED) is 0.369. The number of rotatable bonds is 6. The Hall–Kier alpha value is -0.130. The fourth-order valence-electron chi connectivity index (χ4n) is 1.80. The Morgan fingerprint density at radius 3 is 2.33 bits per heavy atom. The zero-order chi connectivity index (χ0) is 16.3. The molecule has 0 heterocycles. The van der Waals surface area contributed by atoms with Crippen molar-refractivity contribution >= 4 is 38.0 Å². The molecular formula is C16H25NaO3S. The maximum atomic E-state index is 10.8. The summed E-state index contributed by atoms with van der Waals surface area (Å²) in [4.78, 5) is -0.0116. The molecule has 0 saturated heterocycles. The van der Waals surface area contributed by atoms with E-state index in [0.29, 0.717) is 5.56 Å². The van der Waals surface area contributed by atoms with Gasteiger partial charge in [0.1, 0.15) is 0 Å². The summed E-state index contributed by atoms with van der Waals surface area (Å²) in [5.41, 5.74) is 1.45. The Bertz CT molecular complexity index is 536. The molecule has 0 radical (unpaired) electrons. The first kappa shape index (κ1) is 20.9. The molecule has 5 heteroatoms. The molecule has 1 N–H and O–H groups in total. The topological polar surface area (TPSA) is 54.4 Å². The van der Waals surface area contributed by atoms with Crippen LogP contribution in [-0.4, -0.2) is 40.9 Å². The van der Waals surface area contributed by atoms with Crippen molar-refractivity contribution in [1.82, 2.24) is 0 Å². The van der Waals surface area contributed by atoms with Crippen LogP contribution in [0.1, 0.15) is 43.7 Å². The van der Waals surface area contributed by atoms with Crippen molar-refractivity contribution in [2.45, 2.75) is 55.0 Å². The van der Waals surface area contributed by atoms with Gasteiger partial charge in [-0.2, -0.15) is 8.42 Å². The minimum absolute atomic E-state index is 0.0116. The van der Waals surface area contributed by atoms with E-state index in [1.54, 1.807) is 26.0 Å². The van der Waals surface area contributed by atoms with E-state index in [1.807, 2.05) is 0 Å². The first-order valence-electron chi connectivity index (χ1n) is 7.53. The van der Waals surface area contributed by atoms with E-state index in [-0.39, 0.29) is 4.90 Å². The van der Waals surface area contributed by atoms with Crippen LogP contribution in [0.2, 0.25) is 3.67 Å². The van der Waals surface area contributed by atoms with Gasteiger partial charge in [-0.05, 0) is 31.0 Å². The Labute approximate surface area is 147 Å². The summed E-state index contributed by atoms with van der Waals surface area (Å²) in [5, 5.41) is 0. The van der Waals surface area contributed by atoms with Crippen molar-refractivity contribution in [3.05, 3.63) is 41.5 Å². The zero-order valence-corrected chi connectivity index (χ0v) is 16.4. The van der Waals surface area contributed by atoms with Gasteiger partial charge in [0.15, 0.2) is 0 Å². The maximum absolute atomic E-state index is 10.8. The van der Waals surface area contributed by atoms with Crippen molar-refractivity contribution in [3.63, 3.8) is 0 Å². The molecule has 0 spiro atoms. The average molecular weight is 320 g/mol. The van der Waals surface area contributed by atoms with Gasteiger partial charge in [-0.25, -0.2) is 0 Å². The third-order valence-electron chi connectivity index (χ3n) is 3.21. The van der Waals surface area contributed by atoms with Crippen LogP contribution < -0.4 is 0 Å². The van der Waals surface area contributed by atoms with Crippen LogP contribution in [0.4, 0.5) is 0 Å². The van der Waals surface area contributed by atoms with Gasteiger partial charge in [-0.15, -0.1) is 0 Å². The van der Waals surface area contributed by atoms with Gasteiger partial charge >= 0.3 is 76.4 Å². The number of hydrogen-bond donors (Lipinski definition) is 1. The van der Waals surface area contributed by atoms with Gasteiger partial charge in [0, 0.05) is 0 Å². The molecule has 21 heavy (non-hydrogen) atoms. The van der Waals surface area contributed by atoms with E-state index >= 15 is 0 Å². The van der Waals surface area contributed by atoms with E-state index in [1.165, 1.54) is 63.4 Å². The number of unbranched alkanes of at least 4 members (excludes halogenated alkanes) is 3. The fraction of sp³-hybridized carbons (Fsp3) is 0.500. The second-order valence-electron chi connectivity index (χ2n) is 5.05. The van der Waals surface area contributed by atoms with Gasteiger partial charge in [0.25, 0.3) is 10.1 Å². The first-order valence-corrected chi connectivity index (χ1v) is 10.4. The molecule has 0 aliphatic rings. The largest absolute Gasteiger partial charge is 0.294 e. The maximum Gasteiger partial charge on any atom is 0.294 e. The molecule has 0 bridgehead atoms. The van der Waals surface area contributed by atoms with E-state index in [4.69, 9.17) is 4.55 Å². The predicted octanol–water partition coefficient (Wildman–Crippen LogP) is 4.26. The Morgan fingerprint density at radius 2 is 1.86 bits per heavy atom. The van der Waals surface area contributed by atoms with Crippen LogP contribution in [-0.2, 0) is 10.1 Å². The number of allylic oxidation sites excluding steroid dienone is 2. The Balaban J connectivity index is 0.000000400. The summed E-state index contributed by atoms with van der Waals surface area (Å²) in [6.45, 7) is 5.71. The smallest absolute Gasteiger partial charge is 0.282 e. The fourth-order valence-corrected chi connectivity index (χ4v) is 2.93. The summed E-state index contributed by atoms with van der Waals surface area (Å²) >= 11 is 1.32. The van der Waals surface area contributed by atoms with Crippen LogP contribution in [0.5, 0.6) is 0 Å². The van der Waals surface area contributed by atoms with Crippen LogP contribution in [0.25, 0.3) is 0 Å². The van der Waals surface area contributed by atoms with E-state index in [2.05, 4.69) is 19.1 Å². The zero-order valence-electron chi connectivity index (χ0n) is 13.6. The van der Waals surface area contributed by atoms with Gasteiger partial charge in [-0.3, -0.25) is 4.55 Å². The van der Waals surface area contributed by atoms with E-state index in [0.717, 1.165) is 5.56 Å². The van der Waals surface area contributed by atoms with E-state index in [9.17, 15) is 8.42 Å². The predicted molar refractivity (Wildman–Crippen MR) is 89.6 cm³/mol. The SMILES string of the molecule is CCCCCC=C[CH2][Na].Cc1cccc(S(=O)(=O)O)c1C. The van der Waals surface area contributed by atoms with Crippen molar-refractivity contribution in [2.24, 2.45) is 0 Å². The van der Waals surface area contributed by atoms with Gasteiger partial charge in [0.2, 0.25) is 0 Å². The number of benzene rings is 1. The Kier molecular flexibility index (Phi) is 11.4. The van der Waals surface area contributed by atoms with Gasteiger partial charge in [-0.1, -0.05) is 12.1 Å². The van der Waals surface area contributed by atoms with Crippen molar-refractivity contribution in [1.29, 1.82) is 0 Å². The minimum atomic E-state index is -4.06. The molecule has 0 aliphatic heterocycles. The third kappa shape index (κ3) is 9.48. The minimum Gasteiger partial charge on any atom is -0.282 e. The monoisotopic (exact) mass is 320 g/mol. The molecule has 0 aliphatic carbocycles. The van der Waals surface area contributed by atoms with Crippen LogP contribution >= 0.6 is 0 Å². The van der Waals surface area contributed by atoms with Crippen molar-refractivity contribution < 1.29 is 13.0 Å². The van der Waals surface area contributed by atoms with Crippen molar-refractivity contribution in [3.8, 4) is 0 Å². The normalized spacial score (nSPS) is 11.3. The molecule has 0 amide bonds. The van der Waals surface area contributed by atoms with Gasteiger partial charge < -0.3 is 0 Å². The summed E-state index contributed by atoms with van der Waals surface area (Å²) in [5.74, 6) is 0. The number of hydrogen-bond acceptors (Lipinski definition) is 2. The Morgan fingerprint density at radius 1 is 1.19 bits per heavy atom. The second kappa shape index (κ2) is 11.4. The molecule has 0 atom stereocenters. The number of aryl methyl sites for hydroxylation is 1. The summed E-state index contributed by atoms with van der Waals surface area (Å²) in [7, 11) is -4.06. The molecule has 0 fully saturated rings. The second-order valence-corrected chi connectivity index (χ2v) is 7.26.